The van der Waals surface area contributed by atoms with Crippen molar-refractivity contribution in [1.82, 2.24) is 9.97 Å². The van der Waals surface area contributed by atoms with Crippen LogP contribution in [-0.2, 0) is 6.54 Å². The molecule has 7 nitrogen and oxygen atoms in total. The molecule has 0 spiro atoms. The lowest BCUT2D eigenvalue weighted by Gasteiger charge is -2.21. The lowest BCUT2D eigenvalue weighted by atomic mass is 10.1. The number of hydrogen-bond acceptors (Lipinski definition) is 7. The van der Waals surface area contributed by atoms with Crippen LogP contribution in [0.1, 0.15) is 16.1 Å². The molecule has 0 aliphatic heterocycles. The molecule has 4 rings (SSSR count). The number of ether oxygens (including phenoxy) is 3. The summed E-state index contributed by atoms with van der Waals surface area (Å²) in [5.74, 6) is 1.50. The van der Waals surface area contributed by atoms with Gasteiger partial charge in [-0.15, -0.1) is 0 Å². The van der Waals surface area contributed by atoms with Gasteiger partial charge in [0.25, 0.3) is 5.91 Å². The number of rotatable bonds is 7. The molecule has 0 unspecified atom stereocenters. The number of carbonyl (C=O) groups excluding carboxylic acids is 1. The van der Waals surface area contributed by atoms with Crippen LogP contribution in [0.15, 0.2) is 60.8 Å². The van der Waals surface area contributed by atoms with Crippen LogP contribution in [0.5, 0.6) is 17.2 Å². The summed E-state index contributed by atoms with van der Waals surface area (Å²) >= 11 is 1.41. The van der Waals surface area contributed by atoms with Crippen molar-refractivity contribution < 1.29 is 19.0 Å². The molecule has 31 heavy (non-hydrogen) atoms. The number of carbonyl (C=O) groups is 1. The second kappa shape index (κ2) is 9.01. The number of aromatic nitrogens is 2. The molecule has 158 valence electrons. The maximum Gasteiger partial charge on any atom is 0.264 e. The fourth-order valence-corrected chi connectivity index (χ4v) is 4.13. The largest absolute Gasteiger partial charge is 0.497 e. The molecule has 0 atom stereocenters. The third-order valence-electron chi connectivity index (χ3n) is 4.74. The first-order chi connectivity index (χ1) is 15.1. The minimum atomic E-state index is -0.257. The zero-order valence-electron chi connectivity index (χ0n) is 17.4. The van der Waals surface area contributed by atoms with E-state index in [1.165, 1.54) is 18.4 Å². The second-order valence-electron chi connectivity index (χ2n) is 6.61. The van der Waals surface area contributed by atoms with Gasteiger partial charge in [0, 0.05) is 6.20 Å². The Balaban J connectivity index is 1.80. The van der Waals surface area contributed by atoms with E-state index < -0.39 is 0 Å². The van der Waals surface area contributed by atoms with Crippen molar-refractivity contribution in [3.05, 3.63) is 72.1 Å². The highest BCUT2D eigenvalue weighted by Gasteiger charge is 2.25. The normalized spacial score (nSPS) is 10.7. The zero-order chi connectivity index (χ0) is 21.8. The summed E-state index contributed by atoms with van der Waals surface area (Å²) in [6.07, 6.45) is 1.70. The summed E-state index contributed by atoms with van der Waals surface area (Å²) in [5, 5.41) is 0.559. The number of benzene rings is 2. The van der Waals surface area contributed by atoms with Gasteiger partial charge in [0.15, 0.2) is 5.13 Å². The molecule has 0 aliphatic rings. The molecule has 0 fully saturated rings. The number of nitrogens with zero attached hydrogens (tertiary/aromatic N) is 3. The lowest BCUT2D eigenvalue weighted by molar-refractivity contribution is 0.0981. The van der Waals surface area contributed by atoms with Gasteiger partial charge in [-0.1, -0.05) is 17.4 Å². The number of amides is 1. The highest BCUT2D eigenvalue weighted by molar-refractivity contribution is 7.22. The molecule has 0 radical (unpaired) electrons. The average molecular weight is 436 g/mol. The van der Waals surface area contributed by atoms with E-state index in [2.05, 4.69) is 4.98 Å². The molecule has 2 aromatic heterocycles. The van der Waals surface area contributed by atoms with Gasteiger partial charge in [-0.2, -0.15) is 0 Å². The first-order valence-electron chi connectivity index (χ1n) is 9.51. The Morgan fingerprint density at radius 2 is 1.74 bits per heavy atom. The molecule has 8 heteroatoms. The molecule has 0 bridgehead atoms. The summed E-state index contributed by atoms with van der Waals surface area (Å²) in [6, 6.07) is 16.4. The first kappa shape index (κ1) is 20.6. The molecule has 2 heterocycles. The van der Waals surface area contributed by atoms with E-state index in [0.717, 1.165) is 21.7 Å². The third-order valence-corrected chi connectivity index (χ3v) is 5.78. The standard InChI is InChI=1S/C23H21N3O4S/c1-28-16-8-10-20(30-3)18(12-16)22(27)26(14-15-6-4-5-11-24-15)23-25-19-9-7-17(29-2)13-21(19)31-23/h4-13H,14H2,1-3H3. The molecule has 0 saturated carbocycles. The summed E-state index contributed by atoms with van der Waals surface area (Å²) in [7, 11) is 4.71. The van der Waals surface area contributed by atoms with E-state index in [1.54, 1.807) is 43.5 Å². The summed E-state index contributed by atoms with van der Waals surface area (Å²) in [4.78, 5) is 24.4. The van der Waals surface area contributed by atoms with E-state index in [-0.39, 0.29) is 12.5 Å². The average Bonchev–Trinajstić information content (AvgIpc) is 3.25. The van der Waals surface area contributed by atoms with Crippen molar-refractivity contribution in [2.75, 3.05) is 26.2 Å². The summed E-state index contributed by atoms with van der Waals surface area (Å²) < 4.78 is 17.0. The lowest BCUT2D eigenvalue weighted by Crippen LogP contribution is -2.31. The molecule has 0 N–H and O–H groups in total. The van der Waals surface area contributed by atoms with Gasteiger partial charge in [-0.25, -0.2) is 4.98 Å². The Labute approximate surface area is 183 Å². The van der Waals surface area contributed by atoms with Crippen LogP contribution in [0.2, 0.25) is 0 Å². The van der Waals surface area contributed by atoms with E-state index in [9.17, 15) is 4.79 Å². The van der Waals surface area contributed by atoms with Gasteiger partial charge in [0.1, 0.15) is 17.2 Å². The zero-order valence-corrected chi connectivity index (χ0v) is 18.2. The monoisotopic (exact) mass is 435 g/mol. The van der Waals surface area contributed by atoms with Crippen LogP contribution < -0.4 is 19.1 Å². The number of pyridine rings is 1. The second-order valence-corrected chi connectivity index (χ2v) is 7.62. The quantitative estimate of drug-likeness (QED) is 0.424. The maximum absolute atomic E-state index is 13.7. The van der Waals surface area contributed by atoms with Crippen LogP contribution in [-0.4, -0.2) is 37.2 Å². The van der Waals surface area contributed by atoms with Crippen LogP contribution in [0.4, 0.5) is 5.13 Å². The minimum absolute atomic E-state index is 0.257. The van der Waals surface area contributed by atoms with Gasteiger partial charge < -0.3 is 14.2 Å². The highest BCUT2D eigenvalue weighted by Crippen LogP contribution is 2.34. The predicted octanol–water partition coefficient (Wildman–Crippen LogP) is 4.56. The molecule has 0 aliphatic carbocycles. The van der Waals surface area contributed by atoms with Crippen molar-refractivity contribution in [3.8, 4) is 17.2 Å². The van der Waals surface area contributed by atoms with Gasteiger partial charge in [0.05, 0.1) is 49.3 Å². The highest BCUT2D eigenvalue weighted by atomic mass is 32.1. The number of methoxy groups -OCH3 is 3. The van der Waals surface area contributed by atoms with Crippen molar-refractivity contribution >= 4 is 32.6 Å². The van der Waals surface area contributed by atoms with Gasteiger partial charge >= 0.3 is 0 Å². The van der Waals surface area contributed by atoms with Gasteiger partial charge in [0.2, 0.25) is 0 Å². The minimum Gasteiger partial charge on any atom is -0.497 e. The van der Waals surface area contributed by atoms with Crippen molar-refractivity contribution in [2.24, 2.45) is 0 Å². The third kappa shape index (κ3) is 4.29. The Morgan fingerprint density at radius 3 is 2.45 bits per heavy atom. The molecule has 4 aromatic rings. The van der Waals surface area contributed by atoms with Crippen LogP contribution >= 0.6 is 11.3 Å². The topological polar surface area (TPSA) is 73.8 Å². The Kier molecular flexibility index (Phi) is 5.99. The summed E-state index contributed by atoms with van der Waals surface area (Å²) in [6.45, 7) is 0.261. The van der Waals surface area contributed by atoms with Crippen LogP contribution in [0.25, 0.3) is 10.2 Å². The maximum atomic E-state index is 13.7. The van der Waals surface area contributed by atoms with E-state index >= 15 is 0 Å². The van der Waals surface area contributed by atoms with Crippen molar-refractivity contribution in [1.29, 1.82) is 0 Å². The SMILES string of the molecule is COc1ccc(OC)c(C(=O)N(Cc2ccccn2)c2nc3ccc(OC)cc3s2)c1. The van der Waals surface area contributed by atoms with Gasteiger partial charge in [-0.3, -0.25) is 14.7 Å². The van der Waals surface area contributed by atoms with Crippen molar-refractivity contribution in [2.45, 2.75) is 6.54 Å². The van der Waals surface area contributed by atoms with Crippen LogP contribution in [0, 0.1) is 0 Å². The van der Waals surface area contributed by atoms with E-state index in [1.807, 2.05) is 36.4 Å². The number of fused-ring (bicyclic) bond motifs is 1. The number of thiazole rings is 1. The van der Waals surface area contributed by atoms with E-state index in [0.29, 0.717) is 22.2 Å². The molecular weight excluding hydrogens is 414 g/mol. The number of hydrogen-bond donors (Lipinski definition) is 0. The molecular formula is C23H21N3O4S. The first-order valence-corrected chi connectivity index (χ1v) is 10.3. The van der Waals surface area contributed by atoms with Crippen LogP contribution in [0.3, 0.4) is 0 Å². The molecule has 2 aromatic carbocycles. The predicted molar refractivity (Wildman–Crippen MR) is 120 cm³/mol. The van der Waals surface area contributed by atoms with Crippen molar-refractivity contribution in [3.63, 3.8) is 0 Å². The Morgan fingerprint density at radius 1 is 0.968 bits per heavy atom. The Hall–Kier alpha value is -3.65. The summed E-state index contributed by atoms with van der Waals surface area (Å²) in [5.41, 5.74) is 1.92. The Bertz CT molecular complexity index is 1210. The number of anilines is 1. The fraction of sp³-hybridized carbons (Fsp3) is 0.174. The molecule has 0 saturated heterocycles. The smallest absolute Gasteiger partial charge is 0.264 e. The fourth-order valence-electron chi connectivity index (χ4n) is 3.14. The van der Waals surface area contributed by atoms with Gasteiger partial charge in [-0.05, 0) is 48.5 Å². The molecule has 1 amide bonds. The van der Waals surface area contributed by atoms with E-state index in [4.69, 9.17) is 19.2 Å².